The van der Waals surface area contributed by atoms with E-state index in [9.17, 15) is 9.59 Å². The fourth-order valence-corrected chi connectivity index (χ4v) is 0.663. The molecular weight excluding hydrogens is 212 g/mol. The van der Waals surface area contributed by atoms with E-state index in [1.165, 1.54) is 6.92 Å². The van der Waals surface area contributed by atoms with Crippen LogP contribution in [0.15, 0.2) is 0 Å². The average molecular weight is 234 g/mol. The molecule has 0 spiro atoms. The summed E-state index contributed by atoms with van der Waals surface area (Å²) < 4.78 is 4.80. The maximum absolute atomic E-state index is 10.8. The van der Waals surface area contributed by atoms with Crippen LogP contribution in [0.25, 0.3) is 0 Å². The van der Waals surface area contributed by atoms with Crippen molar-refractivity contribution in [2.75, 3.05) is 19.8 Å². The number of ether oxygens (including phenoxy) is 1. The number of Topliss-reactive ketones (excluding diaryl/α,β-unsaturated/α-hetero) is 1. The molecule has 0 aromatic carbocycles. The molecule has 0 radical (unpaired) electrons. The number of ketones is 1. The largest absolute Gasteiger partial charge is 0.465 e. The number of hydrogen-bond acceptors (Lipinski definition) is 5. The number of aliphatic hydroxyl groups excluding tert-OH is 2. The molecule has 0 aromatic heterocycles. The summed E-state index contributed by atoms with van der Waals surface area (Å²) >= 11 is 0. The molecule has 96 valence electrons. The fraction of sp³-hybridized carbons (Fsp3) is 0.818. The van der Waals surface area contributed by atoms with Crippen molar-refractivity contribution in [3.8, 4) is 0 Å². The number of rotatable bonds is 6. The topological polar surface area (TPSA) is 83.8 Å². The van der Waals surface area contributed by atoms with Crippen LogP contribution < -0.4 is 0 Å². The number of aliphatic hydroxyl groups is 2. The third-order valence-corrected chi connectivity index (χ3v) is 1.45. The van der Waals surface area contributed by atoms with E-state index in [4.69, 9.17) is 14.9 Å². The quantitative estimate of drug-likeness (QED) is 0.517. The first-order valence-corrected chi connectivity index (χ1v) is 5.30. The molecule has 0 saturated carbocycles. The summed E-state index contributed by atoms with van der Waals surface area (Å²) in [7, 11) is 0. The van der Waals surface area contributed by atoms with Crippen molar-refractivity contribution < 1.29 is 24.5 Å². The van der Waals surface area contributed by atoms with Gasteiger partial charge in [0.15, 0.2) is 0 Å². The van der Waals surface area contributed by atoms with Gasteiger partial charge in [0.2, 0.25) is 0 Å². The van der Waals surface area contributed by atoms with Gasteiger partial charge in [0, 0.05) is 0 Å². The third-order valence-electron chi connectivity index (χ3n) is 1.45. The molecule has 0 fully saturated rings. The molecule has 0 atom stereocenters. The maximum Gasteiger partial charge on any atom is 0.313 e. The van der Waals surface area contributed by atoms with Crippen LogP contribution in [-0.4, -0.2) is 41.8 Å². The summed E-state index contributed by atoms with van der Waals surface area (Å²) in [4.78, 5) is 21.2. The zero-order valence-electron chi connectivity index (χ0n) is 10.2. The van der Waals surface area contributed by atoms with E-state index in [2.05, 4.69) is 13.8 Å². The highest BCUT2D eigenvalue weighted by atomic mass is 16.5. The van der Waals surface area contributed by atoms with Gasteiger partial charge in [0.25, 0.3) is 0 Å². The summed E-state index contributed by atoms with van der Waals surface area (Å²) in [6, 6.07) is 0. The molecule has 0 heterocycles. The number of carbonyl (C=O) groups excluding carboxylic acids is 2. The molecule has 0 unspecified atom stereocenters. The van der Waals surface area contributed by atoms with Gasteiger partial charge in [-0.25, -0.2) is 0 Å². The first-order chi connectivity index (χ1) is 7.43. The number of carbonyl (C=O) groups is 2. The van der Waals surface area contributed by atoms with Crippen LogP contribution in [0.5, 0.6) is 0 Å². The molecule has 0 rings (SSSR count). The van der Waals surface area contributed by atoms with Crippen molar-refractivity contribution in [3.63, 3.8) is 0 Å². The molecule has 0 amide bonds. The van der Waals surface area contributed by atoms with E-state index in [1.807, 2.05) is 0 Å². The Labute approximate surface area is 96.4 Å². The molecule has 16 heavy (non-hydrogen) atoms. The Morgan fingerprint density at radius 3 is 2.00 bits per heavy atom. The second-order valence-electron chi connectivity index (χ2n) is 3.73. The number of esters is 1. The predicted molar refractivity (Wildman–Crippen MR) is 59.9 cm³/mol. The molecule has 0 bridgehead atoms. The van der Waals surface area contributed by atoms with Crippen LogP contribution in [0, 0.1) is 5.92 Å². The summed E-state index contributed by atoms with van der Waals surface area (Å²) in [5, 5.41) is 15.2. The van der Waals surface area contributed by atoms with Crippen LogP contribution in [0.1, 0.15) is 33.6 Å². The van der Waals surface area contributed by atoms with Crippen molar-refractivity contribution in [2.45, 2.75) is 33.6 Å². The minimum Gasteiger partial charge on any atom is -0.465 e. The summed E-state index contributed by atoms with van der Waals surface area (Å²) in [5.41, 5.74) is 0. The highest BCUT2D eigenvalue weighted by Gasteiger charge is 2.05. The van der Waals surface area contributed by atoms with Crippen LogP contribution >= 0.6 is 0 Å². The lowest BCUT2D eigenvalue weighted by atomic mass is 10.1. The Morgan fingerprint density at radius 1 is 1.19 bits per heavy atom. The molecular formula is C11H22O5. The highest BCUT2D eigenvalue weighted by molar-refractivity contribution is 5.94. The fourth-order valence-electron chi connectivity index (χ4n) is 0.663. The van der Waals surface area contributed by atoms with Crippen molar-refractivity contribution in [2.24, 2.45) is 5.92 Å². The van der Waals surface area contributed by atoms with Gasteiger partial charge in [-0.3, -0.25) is 9.59 Å². The van der Waals surface area contributed by atoms with E-state index >= 15 is 0 Å². The van der Waals surface area contributed by atoms with Crippen molar-refractivity contribution in [3.05, 3.63) is 0 Å². The standard InChI is InChI=1S/C9H16O3.C2H6O2/c1-7(2)4-5-12-9(11)6-8(3)10;3-1-2-4/h7H,4-6H2,1-3H3;3-4H,1-2H2. The van der Waals surface area contributed by atoms with Gasteiger partial charge in [-0.15, -0.1) is 0 Å². The van der Waals surface area contributed by atoms with Crippen LogP contribution in [-0.2, 0) is 14.3 Å². The van der Waals surface area contributed by atoms with E-state index in [-0.39, 0.29) is 25.4 Å². The van der Waals surface area contributed by atoms with E-state index in [0.717, 1.165) is 6.42 Å². The van der Waals surface area contributed by atoms with Crippen molar-refractivity contribution >= 4 is 11.8 Å². The van der Waals surface area contributed by atoms with Gasteiger partial charge >= 0.3 is 5.97 Å². The average Bonchev–Trinajstić information content (AvgIpc) is 2.16. The second kappa shape index (κ2) is 12.1. The zero-order chi connectivity index (χ0) is 13.0. The van der Waals surface area contributed by atoms with Crippen molar-refractivity contribution in [1.82, 2.24) is 0 Å². The molecule has 5 nitrogen and oxygen atoms in total. The van der Waals surface area contributed by atoms with E-state index in [1.54, 1.807) is 0 Å². The van der Waals surface area contributed by atoms with Gasteiger partial charge in [-0.2, -0.15) is 0 Å². The van der Waals surface area contributed by atoms with Gasteiger partial charge in [0.05, 0.1) is 19.8 Å². The van der Waals surface area contributed by atoms with Gasteiger partial charge < -0.3 is 14.9 Å². The van der Waals surface area contributed by atoms with E-state index < -0.39 is 5.97 Å². The smallest absolute Gasteiger partial charge is 0.313 e. The lowest BCUT2D eigenvalue weighted by molar-refractivity contribution is -0.145. The van der Waals surface area contributed by atoms with Gasteiger partial charge in [-0.1, -0.05) is 13.8 Å². The van der Waals surface area contributed by atoms with Crippen LogP contribution in [0.2, 0.25) is 0 Å². The maximum atomic E-state index is 10.8. The van der Waals surface area contributed by atoms with Crippen LogP contribution in [0.3, 0.4) is 0 Å². The molecule has 5 heteroatoms. The minimum atomic E-state index is -0.414. The molecule has 2 N–H and O–H groups in total. The summed E-state index contributed by atoms with van der Waals surface area (Å²) in [6.07, 6.45) is 0.752. The normalized spacial score (nSPS) is 9.38. The summed E-state index contributed by atoms with van der Waals surface area (Å²) in [6.45, 7) is 5.66. The first-order valence-electron chi connectivity index (χ1n) is 5.30. The molecule has 0 aliphatic carbocycles. The zero-order valence-corrected chi connectivity index (χ0v) is 10.2. The Balaban J connectivity index is 0. The molecule has 0 aromatic rings. The lowest BCUT2D eigenvalue weighted by Gasteiger charge is -2.05. The molecule has 0 aliphatic rings. The molecule has 0 saturated heterocycles. The van der Waals surface area contributed by atoms with Crippen LogP contribution in [0.4, 0.5) is 0 Å². The summed E-state index contributed by atoms with van der Waals surface area (Å²) in [5.74, 6) is -0.0391. The van der Waals surface area contributed by atoms with E-state index in [0.29, 0.717) is 12.5 Å². The third kappa shape index (κ3) is 18.8. The lowest BCUT2D eigenvalue weighted by Crippen LogP contribution is -2.10. The van der Waals surface area contributed by atoms with Gasteiger partial charge in [0.1, 0.15) is 12.2 Å². The minimum absolute atomic E-state index is 0.0991. The second-order valence-corrected chi connectivity index (χ2v) is 3.73. The number of hydrogen-bond donors (Lipinski definition) is 2. The van der Waals surface area contributed by atoms with Crippen molar-refractivity contribution in [1.29, 1.82) is 0 Å². The van der Waals surface area contributed by atoms with Gasteiger partial charge in [-0.05, 0) is 19.3 Å². The predicted octanol–water partition coefficient (Wildman–Crippen LogP) is 0.526. The first kappa shape index (κ1) is 17.5. The Bertz CT molecular complexity index is 187. The Morgan fingerprint density at radius 2 is 1.69 bits per heavy atom. The Kier molecular flexibility index (Phi) is 13.2. The SMILES string of the molecule is CC(=O)CC(=O)OCCC(C)C.OCCO. The highest BCUT2D eigenvalue weighted by Crippen LogP contribution is 1.99. The Hall–Kier alpha value is -0.940. The monoisotopic (exact) mass is 234 g/mol. The molecule has 0 aliphatic heterocycles.